The monoisotopic (exact) mass is 480 g/mol. The van der Waals surface area contributed by atoms with E-state index in [-0.39, 0.29) is 6.04 Å². The fraction of sp³-hybridized carbons (Fsp3) is 0.440. The molecule has 2 N–H and O–H groups in total. The van der Waals surface area contributed by atoms with Crippen LogP contribution in [0.25, 0.3) is 16.8 Å². The van der Waals surface area contributed by atoms with E-state index in [0.717, 1.165) is 33.6 Å². The van der Waals surface area contributed by atoms with Crippen molar-refractivity contribution in [2.45, 2.75) is 52.8 Å². The molecule has 0 spiro atoms. The van der Waals surface area contributed by atoms with E-state index in [2.05, 4.69) is 32.4 Å². The molecule has 4 rings (SSSR count). The van der Waals surface area contributed by atoms with E-state index in [4.69, 9.17) is 4.74 Å². The molecule has 2 aromatic heterocycles. The zero-order valence-corrected chi connectivity index (χ0v) is 20.8. The molecule has 1 aromatic carbocycles. The van der Waals surface area contributed by atoms with E-state index in [1.54, 1.807) is 4.52 Å². The summed E-state index contributed by atoms with van der Waals surface area (Å²) in [4.78, 5) is 31.5. The van der Waals surface area contributed by atoms with E-state index < -0.39 is 17.8 Å². The summed E-state index contributed by atoms with van der Waals surface area (Å²) in [5.41, 5.74) is 5.08. The molecule has 0 aliphatic carbocycles. The highest BCUT2D eigenvalue weighted by atomic mass is 16.6. The Morgan fingerprint density at radius 1 is 1.23 bits per heavy atom. The molecule has 3 heterocycles. The van der Waals surface area contributed by atoms with Crippen molar-refractivity contribution in [3.63, 3.8) is 0 Å². The fourth-order valence-electron chi connectivity index (χ4n) is 4.33. The number of aryl methyl sites for hydroxylation is 1. The third kappa shape index (κ3) is 5.47. The second kappa shape index (κ2) is 9.44. The van der Waals surface area contributed by atoms with Crippen LogP contribution in [0.3, 0.4) is 0 Å². The number of nitrogens with one attached hydrogen (secondary N) is 1. The third-order valence-electron chi connectivity index (χ3n) is 6.06. The Bertz CT molecular complexity index is 1250. The van der Waals surface area contributed by atoms with Crippen molar-refractivity contribution in [1.29, 1.82) is 0 Å². The lowest BCUT2D eigenvalue weighted by Crippen LogP contribution is -2.53. The molecule has 0 unspecified atom stereocenters. The summed E-state index contributed by atoms with van der Waals surface area (Å²) >= 11 is 0. The van der Waals surface area contributed by atoms with Crippen LogP contribution in [0.1, 0.15) is 38.8 Å². The molecule has 2 amide bonds. The van der Waals surface area contributed by atoms with Crippen LogP contribution in [0.5, 0.6) is 0 Å². The minimum atomic E-state index is -0.883. The zero-order chi connectivity index (χ0) is 25.3. The van der Waals surface area contributed by atoms with Gasteiger partial charge in [0.05, 0.1) is 23.1 Å². The Balaban J connectivity index is 1.54. The number of aromatic nitrogens is 3. The van der Waals surface area contributed by atoms with Gasteiger partial charge in [0.15, 0.2) is 0 Å². The van der Waals surface area contributed by atoms with Crippen LogP contribution in [0, 0.1) is 6.92 Å². The summed E-state index contributed by atoms with van der Waals surface area (Å²) < 4.78 is 7.12. The van der Waals surface area contributed by atoms with Crippen LogP contribution < -0.4 is 10.2 Å². The highest BCUT2D eigenvalue weighted by molar-refractivity contribution is 5.80. The quantitative estimate of drug-likeness (QED) is 0.582. The Morgan fingerprint density at radius 2 is 2.00 bits per heavy atom. The smallest absolute Gasteiger partial charge is 0.407 e. The van der Waals surface area contributed by atoms with Crippen molar-refractivity contribution < 1.29 is 19.4 Å². The lowest BCUT2D eigenvalue weighted by Gasteiger charge is -2.39. The molecule has 0 radical (unpaired) electrons. The van der Waals surface area contributed by atoms with Crippen molar-refractivity contribution in [2.75, 3.05) is 24.5 Å². The van der Waals surface area contributed by atoms with Crippen molar-refractivity contribution in [2.24, 2.45) is 0 Å². The Labute approximate surface area is 204 Å². The Hall–Kier alpha value is -3.82. The van der Waals surface area contributed by atoms with Gasteiger partial charge in [-0.3, -0.25) is 0 Å². The maximum absolute atomic E-state index is 12.0. The number of piperazine rings is 1. The van der Waals surface area contributed by atoms with Crippen molar-refractivity contribution in [1.82, 2.24) is 24.8 Å². The Kier molecular flexibility index (Phi) is 6.56. The summed E-state index contributed by atoms with van der Waals surface area (Å²) in [5, 5.41) is 16.5. The maximum atomic E-state index is 12.0. The van der Waals surface area contributed by atoms with Crippen LogP contribution in [0.15, 0.2) is 36.8 Å². The van der Waals surface area contributed by atoms with Gasteiger partial charge in [-0.15, -0.1) is 0 Å². The van der Waals surface area contributed by atoms with Crippen LogP contribution in [0.4, 0.5) is 15.3 Å². The molecular weight excluding hydrogens is 448 g/mol. The molecule has 186 valence electrons. The van der Waals surface area contributed by atoms with Crippen molar-refractivity contribution in [3.05, 3.63) is 47.9 Å². The summed E-state index contributed by atoms with van der Waals surface area (Å²) in [6, 6.07) is 8.12. The van der Waals surface area contributed by atoms with Gasteiger partial charge in [-0.1, -0.05) is 12.1 Å². The molecule has 10 heteroatoms. The lowest BCUT2D eigenvalue weighted by molar-refractivity contribution is 0.0523. The van der Waals surface area contributed by atoms with Gasteiger partial charge in [0.25, 0.3) is 0 Å². The molecule has 1 atom stereocenters. The van der Waals surface area contributed by atoms with Crippen LogP contribution in [-0.4, -0.2) is 68.1 Å². The molecule has 1 aliphatic rings. The molecule has 1 saturated heterocycles. The van der Waals surface area contributed by atoms with Crippen LogP contribution in [0.2, 0.25) is 0 Å². The first-order chi connectivity index (χ1) is 16.5. The van der Waals surface area contributed by atoms with Gasteiger partial charge in [-0.25, -0.2) is 19.1 Å². The van der Waals surface area contributed by atoms with Gasteiger partial charge < -0.3 is 25.0 Å². The highest BCUT2D eigenvalue weighted by Gasteiger charge is 2.27. The number of nitrogens with zero attached hydrogens (tertiary/aromatic N) is 5. The number of benzene rings is 1. The largest absolute Gasteiger partial charge is 0.465 e. The molecule has 35 heavy (non-hydrogen) atoms. The molecule has 1 aliphatic heterocycles. The zero-order valence-electron chi connectivity index (χ0n) is 20.8. The molecule has 0 bridgehead atoms. The van der Waals surface area contributed by atoms with Gasteiger partial charge >= 0.3 is 12.2 Å². The maximum Gasteiger partial charge on any atom is 0.407 e. The molecule has 3 aromatic rings. The van der Waals surface area contributed by atoms with E-state index in [0.29, 0.717) is 26.2 Å². The van der Waals surface area contributed by atoms with Crippen molar-refractivity contribution >= 4 is 23.4 Å². The lowest BCUT2D eigenvalue weighted by atomic mass is 10.0. The van der Waals surface area contributed by atoms with E-state index in [9.17, 15) is 14.7 Å². The normalized spacial score (nSPS) is 16.4. The molecule has 1 fully saturated rings. The predicted octanol–water partition coefficient (Wildman–Crippen LogP) is 3.92. The van der Waals surface area contributed by atoms with Crippen LogP contribution >= 0.6 is 0 Å². The van der Waals surface area contributed by atoms with Gasteiger partial charge in [-0.2, -0.15) is 5.10 Å². The number of ether oxygens (including phenoxy) is 1. The number of amides is 2. The SMILES string of the molecule is Cc1cc(-c2ncnn3cc(N4CCN(C(=O)O)C[C@@H]4C)cc23)ccc1CNC(=O)OC(C)(C)C. The molecule has 0 saturated carbocycles. The average molecular weight is 481 g/mol. The summed E-state index contributed by atoms with van der Waals surface area (Å²) in [7, 11) is 0. The summed E-state index contributed by atoms with van der Waals surface area (Å²) in [5.74, 6) is 0. The van der Waals surface area contributed by atoms with E-state index in [1.165, 1.54) is 11.2 Å². The highest BCUT2D eigenvalue weighted by Crippen LogP contribution is 2.29. The minimum Gasteiger partial charge on any atom is -0.465 e. The fourth-order valence-corrected chi connectivity index (χ4v) is 4.33. The number of carbonyl (C=O) groups excluding carboxylic acids is 1. The Morgan fingerprint density at radius 3 is 2.66 bits per heavy atom. The number of hydrogen-bond donors (Lipinski definition) is 2. The average Bonchev–Trinajstić information content (AvgIpc) is 3.21. The second-order valence-corrected chi connectivity index (χ2v) is 9.90. The number of carboxylic acid groups (broad SMARTS) is 1. The van der Waals surface area contributed by atoms with Gasteiger partial charge in [0.1, 0.15) is 11.9 Å². The summed E-state index contributed by atoms with van der Waals surface area (Å²) in [6.45, 7) is 11.4. The third-order valence-corrected chi connectivity index (χ3v) is 6.06. The summed E-state index contributed by atoms with van der Waals surface area (Å²) in [6.07, 6.45) is 2.16. The predicted molar refractivity (Wildman–Crippen MR) is 133 cm³/mol. The first-order valence-electron chi connectivity index (χ1n) is 11.7. The van der Waals surface area contributed by atoms with E-state index >= 15 is 0 Å². The van der Waals surface area contributed by atoms with Crippen LogP contribution in [-0.2, 0) is 11.3 Å². The standard InChI is InChI=1S/C25H32N6O4/c1-16-10-18(6-7-19(16)12-26-23(32)35-25(3,4)5)22-21-11-20(14-31(21)28-15-27-22)30-9-8-29(24(33)34)13-17(30)2/h6-7,10-11,14-15,17H,8-9,12-13H2,1-5H3,(H,26,32)(H,33,34)/t17-/m0/s1. The van der Waals surface area contributed by atoms with Gasteiger partial charge in [-0.05, 0) is 57.9 Å². The minimum absolute atomic E-state index is 0.0488. The molecular formula is C25H32N6O4. The number of carbonyl (C=O) groups is 2. The van der Waals surface area contributed by atoms with Crippen molar-refractivity contribution in [3.8, 4) is 11.3 Å². The van der Waals surface area contributed by atoms with E-state index in [1.807, 2.05) is 52.9 Å². The van der Waals surface area contributed by atoms with Gasteiger partial charge in [0, 0.05) is 37.8 Å². The number of fused-ring (bicyclic) bond motifs is 1. The topological polar surface area (TPSA) is 112 Å². The number of anilines is 1. The van der Waals surface area contributed by atoms with Gasteiger partial charge in [0.2, 0.25) is 0 Å². The number of rotatable bonds is 4. The second-order valence-electron chi connectivity index (χ2n) is 9.90. The number of alkyl carbamates (subject to hydrolysis) is 1. The molecule has 10 nitrogen and oxygen atoms in total. The first-order valence-corrected chi connectivity index (χ1v) is 11.7. The first kappa shape index (κ1) is 24.3. The number of hydrogen-bond acceptors (Lipinski definition) is 6.